The number of benzene rings is 1. The molecule has 0 spiro atoms. The van der Waals surface area contributed by atoms with E-state index in [2.05, 4.69) is 10.4 Å². The number of aromatic nitrogens is 2. The maximum atomic E-state index is 12.5. The fraction of sp³-hybridized carbons (Fsp3) is 0.333. The minimum absolute atomic E-state index is 0.0138. The Balaban J connectivity index is 1.55. The van der Waals surface area contributed by atoms with Crippen LogP contribution in [0.4, 0.5) is 0 Å². The van der Waals surface area contributed by atoms with Gasteiger partial charge in [-0.05, 0) is 37.5 Å². The lowest BCUT2D eigenvalue weighted by molar-refractivity contribution is 0.0952. The third-order valence-corrected chi connectivity index (χ3v) is 7.59. The van der Waals surface area contributed by atoms with E-state index in [1.807, 2.05) is 48.0 Å². The number of nitrogens with zero attached hydrogens (tertiary/aromatic N) is 2. The number of aryl methyl sites for hydroxylation is 1. The minimum Gasteiger partial charge on any atom is -0.351 e. The van der Waals surface area contributed by atoms with Gasteiger partial charge in [-0.2, -0.15) is 5.10 Å². The Hall–Kier alpha value is -2.19. The molecule has 3 heterocycles. The van der Waals surface area contributed by atoms with Crippen LogP contribution in [0.1, 0.15) is 21.8 Å². The maximum absolute atomic E-state index is 12.5. The Morgan fingerprint density at radius 3 is 2.81 bits per heavy atom. The second kappa shape index (κ2) is 6.51. The van der Waals surface area contributed by atoms with Crippen LogP contribution in [0.2, 0.25) is 0 Å². The first-order valence-electron chi connectivity index (χ1n) is 8.46. The molecule has 1 fully saturated rings. The summed E-state index contributed by atoms with van der Waals surface area (Å²) in [4.78, 5) is 14.1. The van der Waals surface area contributed by atoms with E-state index in [0.717, 1.165) is 21.6 Å². The lowest BCUT2D eigenvalue weighted by atomic mass is 10.1. The molecule has 8 heteroatoms. The Labute approximate surface area is 155 Å². The largest absolute Gasteiger partial charge is 0.351 e. The van der Waals surface area contributed by atoms with Gasteiger partial charge in [0.2, 0.25) is 0 Å². The molecule has 6 nitrogen and oxygen atoms in total. The fourth-order valence-electron chi connectivity index (χ4n) is 3.26. The molecule has 0 radical (unpaired) electrons. The summed E-state index contributed by atoms with van der Waals surface area (Å²) in [6.45, 7) is 2.33. The van der Waals surface area contributed by atoms with Crippen molar-refractivity contribution in [1.29, 1.82) is 0 Å². The summed E-state index contributed by atoms with van der Waals surface area (Å²) in [5.41, 5.74) is 1.83. The van der Waals surface area contributed by atoms with Crippen LogP contribution in [0.3, 0.4) is 0 Å². The Kier molecular flexibility index (Phi) is 4.32. The summed E-state index contributed by atoms with van der Waals surface area (Å²) in [5, 5.41) is 8.42. The first-order valence-corrected chi connectivity index (χ1v) is 11.1. The van der Waals surface area contributed by atoms with Crippen LogP contribution in [-0.2, 0) is 9.84 Å². The van der Waals surface area contributed by atoms with Gasteiger partial charge in [0.1, 0.15) is 4.83 Å². The van der Waals surface area contributed by atoms with E-state index in [1.165, 1.54) is 11.3 Å². The van der Waals surface area contributed by atoms with Crippen LogP contribution < -0.4 is 5.32 Å². The predicted octanol–water partition coefficient (Wildman–Crippen LogP) is 2.56. The molecule has 1 atom stereocenters. The molecule has 0 bridgehead atoms. The van der Waals surface area contributed by atoms with Gasteiger partial charge in [-0.3, -0.25) is 4.79 Å². The van der Waals surface area contributed by atoms with Gasteiger partial charge in [-0.15, -0.1) is 11.3 Å². The van der Waals surface area contributed by atoms with E-state index in [9.17, 15) is 13.2 Å². The van der Waals surface area contributed by atoms with Gasteiger partial charge in [0.25, 0.3) is 5.91 Å². The van der Waals surface area contributed by atoms with Crippen molar-refractivity contribution < 1.29 is 13.2 Å². The number of thiophene rings is 1. The normalized spacial score (nSPS) is 19.0. The molecule has 1 amide bonds. The zero-order chi connectivity index (χ0) is 18.3. The second-order valence-electron chi connectivity index (χ2n) is 6.64. The minimum atomic E-state index is -2.92. The molecule has 1 aliphatic rings. The third kappa shape index (κ3) is 3.26. The number of rotatable bonds is 4. The zero-order valence-corrected chi connectivity index (χ0v) is 15.9. The topological polar surface area (TPSA) is 81.1 Å². The SMILES string of the molecule is Cc1nn(-c2ccccc2)c2sc(C(=O)NC[C@H]3CCS(=O)(=O)C3)cc12. The number of carbonyl (C=O) groups is 1. The van der Waals surface area contributed by atoms with Crippen molar-refractivity contribution >= 4 is 37.3 Å². The molecule has 1 N–H and O–H groups in total. The van der Waals surface area contributed by atoms with Crippen molar-refractivity contribution in [2.75, 3.05) is 18.1 Å². The van der Waals surface area contributed by atoms with Crippen molar-refractivity contribution in [3.63, 3.8) is 0 Å². The van der Waals surface area contributed by atoms with Crippen molar-refractivity contribution in [2.45, 2.75) is 13.3 Å². The van der Waals surface area contributed by atoms with Gasteiger partial charge in [0, 0.05) is 11.9 Å². The number of nitrogens with one attached hydrogen (secondary N) is 1. The first kappa shape index (κ1) is 17.2. The standard InChI is InChI=1S/C18H19N3O3S2/c1-12-15-9-16(17(22)19-10-13-7-8-26(23,24)11-13)25-18(15)21(20-12)14-5-3-2-4-6-14/h2-6,9,13H,7-8,10-11H2,1H3,(H,19,22)/t13-/m1/s1. The van der Waals surface area contributed by atoms with E-state index in [4.69, 9.17) is 0 Å². The van der Waals surface area contributed by atoms with E-state index < -0.39 is 9.84 Å². The Bertz CT molecular complexity index is 1070. The van der Waals surface area contributed by atoms with Crippen LogP contribution in [0, 0.1) is 12.8 Å². The van der Waals surface area contributed by atoms with E-state index in [0.29, 0.717) is 17.8 Å². The molecule has 1 saturated heterocycles. The lowest BCUT2D eigenvalue weighted by Gasteiger charge is -2.08. The number of fused-ring (bicyclic) bond motifs is 1. The quantitative estimate of drug-likeness (QED) is 0.744. The van der Waals surface area contributed by atoms with Crippen molar-refractivity contribution in [1.82, 2.24) is 15.1 Å². The van der Waals surface area contributed by atoms with Gasteiger partial charge in [0.05, 0.1) is 27.8 Å². The first-order chi connectivity index (χ1) is 12.4. The highest BCUT2D eigenvalue weighted by Crippen LogP contribution is 2.30. The number of para-hydroxylation sites is 1. The van der Waals surface area contributed by atoms with Crippen molar-refractivity contribution in [2.24, 2.45) is 5.92 Å². The molecular weight excluding hydrogens is 370 g/mol. The van der Waals surface area contributed by atoms with E-state index in [-0.39, 0.29) is 23.3 Å². The van der Waals surface area contributed by atoms with Crippen LogP contribution in [0.5, 0.6) is 0 Å². The molecule has 3 aromatic rings. The molecule has 136 valence electrons. The number of amides is 1. The zero-order valence-electron chi connectivity index (χ0n) is 14.3. The summed E-state index contributed by atoms with van der Waals surface area (Å²) in [7, 11) is -2.92. The summed E-state index contributed by atoms with van der Waals surface area (Å²) in [6.07, 6.45) is 0.622. The summed E-state index contributed by atoms with van der Waals surface area (Å²) in [5.74, 6) is 0.249. The summed E-state index contributed by atoms with van der Waals surface area (Å²) < 4.78 is 24.9. The fourth-order valence-corrected chi connectivity index (χ4v) is 6.22. The molecule has 0 saturated carbocycles. The second-order valence-corrected chi connectivity index (χ2v) is 9.90. The number of hydrogen-bond acceptors (Lipinski definition) is 5. The van der Waals surface area contributed by atoms with Gasteiger partial charge < -0.3 is 5.32 Å². The van der Waals surface area contributed by atoms with Crippen molar-refractivity contribution in [3.8, 4) is 5.69 Å². The molecule has 0 unspecified atom stereocenters. The van der Waals surface area contributed by atoms with Gasteiger partial charge >= 0.3 is 0 Å². The molecule has 4 rings (SSSR count). The Morgan fingerprint density at radius 1 is 1.35 bits per heavy atom. The summed E-state index contributed by atoms with van der Waals surface area (Å²) in [6, 6.07) is 11.7. The number of hydrogen-bond donors (Lipinski definition) is 1. The molecule has 1 aliphatic heterocycles. The average molecular weight is 390 g/mol. The van der Waals surface area contributed by atoms with Gasteiger partial charge in [0.15, 0.2) is 9.84 Å². The Morgan fingerprint density at radius 2 is 2.12 bits per heavy atom. The van der Waals surface area contributed by atoms with Crippen LogP contribution in [0.25, 0.3) is 15.9 Å². The number of sulfone groups is 1. The number of carbonyl (C=O) groups excluding carboxylic acids is 1. The van der Waals surface area contributed by atoms with Gasteiger partial charge in [-0.25, -0.2) is 13.1 Å². The predicted molar refractivity (Wildman–Crippen MR) is 103 cm³/mol. The van der Waals surface area contributed by atoms with Crippen LogP contribution >= 0.6 is 11.3 Å². The molecule has 2 aromatic heterocycles. The lowest BCUT2D eigenvalue weighted by Crippen LogP contribution is -2.29. The maximum Gasteiger partial charge on any atom is 0.261 e. The summed E-state index contributed by atoms with van der Waals surface area (Å²) >= 11 is 1.40. The van der Waals surface area contributed by atoms with E-state index >= 15 is 0 Å². The molecule has 0 aliphatic carbocycles. The average Bonchev–Trinajstić information content (AvgIpc) is 3.28. The monoisotopic (exact) mass is 389 g/mol. The molecule has 1 aromatic carbocycles. The highest BCUT2D eigenvalue weighted by atomic mass is 32.2. The highest BCUT2D eigenvalue weighted by molar-refractivity contribution is 7.91. The third-order valence-electron chi connectivity index (χ3n) is 4.65. The van der Waals surface area contributed by atoms with Gasteiger partial charge in [-0.1, -0.05) is 18.2 Å². The van der Waals surface area contributed by atoms with Crippen LogP contribution in [0.15, 0.2) is 36.4 Å². The van der Waals surface area contributed by atoms with Crippen LogP contribution in [-0.4, -0.2) is 42.2 Å². The molecule has 26 heavy (non-hydrogen) atoms. The van der Waals surface area contributed by atoms with E-state index in [1.54, 1.807) is 0 Å². The molecular formula is C18H19N3O3S2. The smallest absolute Gasteiger partial charge is 0.261 e. The van der Waals surface area contributed by atoms with Crippen molar-refractivity contribution in [3.05, 3.63) is 47.0 Å². The highest BCUT2D eigenvalue weighted by Gasteiger charge is 2.28.